The zero-order valence-electron chi connectivity index (χ0n) is 22.2. The number of H-pyrrole nitrogens is 2. The first-order valence-electron chi connectivity index (χ1n) is 12.1. The summed E-state index contributed by atoms with van der Waals surface area (Å²) < 4.78 is 22.5. The van der Waals surface area contributed by atoms with Crippen molar-refractivity contribution >= 4 is 50.8 Å². The van der Waals surface area contributed by atoms with Crippen LogP contribution in [0.4, 0.5) is 0 Å². The molecule has 5 heterocycles. The Morgan fingerprint density at radius 1 is 0.487 bits per heavy atom. The molecular formula is C30H31FeN4O4. The van der Waals surface area contributed by atoms with Gasteiger partial charge in [-0.25, -0.2) is 9.97 Å². The Morgan fingerprint density at radius 2 is 0.821 bits per heavy atom. The van der Waals surface area contributed by atoms with Crippen LogP contribution in [0, 0.1) is 0 Å². The molecule has 0 saturated carbocycles. The number of aromatic nitrogens is 4. The van der Waals surface area contributed by atoms with E-state index in [2.05, 4.69) is 44.2 Å². The molecule has 0 atom stereocenters. The molecule has 39 heavy (non-hydrogen) atoms. The molecule has 203 valence electrons. The van der Waals surface area contributed by atoms with Gasteiger partial charge in [0.1, 0.15) is 0 Å². The monoisotopic (exact) mass is 567 g/mol. The summed E-state index contributed by atoms with van der Waals surface area (Å²) in [6.45, 7) is 0. The first-order chi connectivity index (χ1) is 19.0. The van der Waals surface area contributed by atoms with E-state index in [1.807, 2.05) is 78.9 Å². The van der Waals surface area contributed by atoms with Gasteiger partial charge in [0.2, 0.25) is 0 Å². The van der Waals surface area contributed by atoms with Gasteiger partial charge in [-0.2, -0.15) is 0 Å². The van der Waals surface area contributed by atoms with Crippen molar-refractivity contribution in [2.45, 2.75) is 0 Å². The molecule has 0 amide bonds. The predicted octanol–water partition coefficient (Wildman–Crippen LogP) is 5.90. The Bertz CT molecular complexity index is 1490. The fraction of sp³-hybridized carbons (Fsp3) is 0.133. The van der Waals surface area contributed by atoms with Crippen LogP contribution >= 0.6 is 0 Å². The van der Waals surface area contributed by atoms with E-state index in [9.17, 15) is 0 Å². The van der Waals surface area contributed by atoms with Gasteiger partial charge in [0.25, 0.3) is 0 Å². The zero-order valence-corrected chi connectivity index (χ0v) is 23.3. The molecule has 1 aromatic carbocycles. The first kappa shape index (κ1) is 26.8. The third-order valence-corrected chi connectivity index (χ3v) is 10.6. The van der Waals surface area contributed by atoms with Crippen LogP contribution in [0.1, 0.15) is 22.8 Å². The third-order valence-electron chi connectivity index (χ3n) is 6.10. The van der Waals surface area contributed by atoms with Crippen LogP contribution in [0.5, 0.6) is 0 Å². The standard InChI is InChI=1S/C20H14N4.C6H5.4CH3O.Fe/c1-2-14-10-16-5-6-18(23-16)12-20-8-7-19(24-20)11-17-4-3-15(22-17)9-13(1)21-14;1-2-4-6-5-3-1;4*1-2;/h1-12,21,24H;1-5H;4*1H3;/q;;4*-1;+4. The zero-order chi connectivity index (χ0) is 27.3. The van der Waals surface area contributed by atoms with Crippen molar-refractivity contribution in [1.82, 2.24) is 19.9 Å². The molecule has 0 aliphatic carbocycles. The van der Waals surface area contributed by atoms with E-state index in [1.165, 1.54) is 28.4 Å². The van der Waals surface area contributed by atoms with Gasteiger partial charge in [0.05, 0.1) is 22.8 Å². The first-order valence-corrected chi connectivity index (χ1v) is 14.5. The second-order valence-electron chi connectivity index (χ2n) is 8.41. The quantitative estimate of drug-likeness (QED) is 0.252. The van der Waals surface area contributed by atoms with E-state index in [0.717, 1.165) is 49.3 Å². The number of fused-ring (bicyclic) bond motifs is 8. The molecule has 0 saturated heterocycles. The number of rotatable bonds is 5. The molecule has 0 radical (unpaired) electrons. The molecular weight excluding hydrogens is 536 g/mol. The van der Waals surface area contributed by atoms with Gasteiger partial charge >= 0.3 is 91.6 Å². The number of nitrogens with zero attached hydrogens (tertiary/aromatic N) is 2. The van der Waals surface area contributed by atoms with Gasteiger partial charge in [-0.05, 0) is 72.8 Å². The third kappa shape index (κ3) is 5.51. The Balaban J connectivity index is 0.000000179. The van der Waals surface area contributed by atoms with Gasteiger partial charge in [-0.1, -0.05) is 0 Å². The number of benzene rings is 1. The molecule has 4 aromatic rings. The van der Waals surface area contributed by atoms with Crippen LogP contribution in [-0.2, 0) is 28.4 Å². The van der Waals surface area contributed by atoms with Crippen LogP contribution in [0.2, 0.25) is 0 Å². The molecule has 0 fully saturated rings. The minimum atomic E-state index is -3.73. The van der Waals surface area contributed by atoms with Crippen molar-refractivity contribution in [2.24, 2.45) is 0 Å². The Morgan fingerprint density at radius 3 is 1.13 bits per heavy atom. The fourth-order valence-electron chi connectivity index (χ4n) is 4.23. The van der Waals surface area contributed by atoms with Gasteiger partial charge < -0.3 is 9.97 Å². The summed E-state index contributed by atoms with van der Waals surface area (Å²) in [7, 11) is 6.08. The Kier molecular flexibility index (Phi) is 7.63. The van der Waals surface area contributed by atoms with Crippen molar-refractivity contribution < 1.29 is 28.4 Å². The maximum atomic E-state index is 5.43. The normalized spacial score (nSPS) is 13.4. The average molecular weight is 567 g/mol. The minimum absolute atomic E-state index is 0.774. The van der Waals surface area contributed by atoms with Crippen LogP contribution in [0.15, 0.2) is 78.9 Å². The number of hydrogen-bond acceptors (Lipinski definition) is 6. The van der Waals surface area contributed by atoms with Gasteiger partial charge in [0.15, 0.2) is 0 Å². The average Bonchev–Trinajstić information content (AvgIpc) is 3.79. The van der Waals surface area contributed by atoms with Crippen molar-refractivity contribution in [3.05, 3.63) is 102 Å². The number of nitrogens with one attached hydrogen (secondary N) is 2. The van der Waals surface area contributed by atoms with Gasteiger partial charge in [-0.15, -0.1) is 0 Å². The van der Waals surface area contributed by atoms with E-state index in [1.54, 1.807) is 0 Å². The molecule has 2 aliphatic heterocycles. The molecule has 6 rings (SSSR count). The van der Waals surface area contributed by atoms with E-state index in [-0.39, 0.29) is 0 Å². The summed E-state index contributed by atoms with van der Waals surface area (Å²) in [5, 5.41) is 0. The summed E-state index contributed by atoms with van der Waals surface area (Å²) >= 11 is -3.73. The summed E-state index contributed by atoms with van der Waals surface area (Å²) in [5.74, 6) is 0. The second kappa shape index (κ2) is 11.1. The van der Waals surface area contributed by atoms with Crippen molar-refractivity contribution in [3.63, 3.8) is 0 Å². The molecule has 9 heteroatoms. The summed E-state index contributed by atoms with van der Waals surface area (Å²) in [4.78, 5) is 16.0. The molecule has 8 nitrogen and oxygen atoms in total. The number of aromatic amines is 2. The molecule has 0 spiro atoms. The Hall–Kier alpha value is -3.82. The molecule has 2 N–H and O–H groups in total. The van der Waals surface area contributed by atoms with Crippen LogP contribution in [0.25, 0.3) is 46.4 Å². The summed E-state index contributed by atoms with van der Waals surface area (Å²) in [6, 6.07) is 25.8. The molecule has 8 bridgehead atoms. The summed E-state index contributed by atoms with van der Waals surface area (Å²) in [5.41, 5.74) is 7.86. The van der Waals surface area contributed by atoms with Gasteiger partial charge in [0, 0.05) is 22.1 Å². The second-order valence-corrected chi connectivity index (χ2v) is 12.9. The number of hydrogen-bond donors (Lipinski definition) is 2. The van der Waals surface area contributed by atoms with Crippen molar-refractivity contribution in [3.8, 4) is 0 Å². The van der Waals surface area contributed by atoms with E-state index < -0.39 is 13.1 Å². The van der Waals surface area contributed by atoms with Crippen LogP contribution in [-0.4, -0.2) is 48.4 Å². The summed E-state index contributed by atoms with van der Waals surface area (Å²) in [6.07, 6.45) is 8.09. The van der Waals surface area contributed by atoms with Gasteiger partial charge in [-0.3, -0.25) is 0 Å². The van der Waals surface area contributed by atoms with E-state index in [0.29, 0.717) is 0 Å². The fourth-order valence-corrected chi connectivity index (χ4v) is 7.19. The van der Waals surface area contributed by atoms with Crippen molar-refractivity contribution in [2.75, 3.05) is 28.4 Å². The molecule has 0 unspecified atom stereocenters. The predicted molar refractivity (Wildman–Crippen MR) is 153 cm³/mol. The SMILES string of the molecule is C1=Cc2cc3ccc(cc4nc(cc5ccc(cc1n2)[nH]5)C=C4)[nH]3.C[O][Fe]([O]C)([O]C)([O]C)[c]1ccccc1. The molecule has 2 aliphatic rings. The van der Waals surface area contributed by atoms with Crippen LogP contribution in [0.3, 0.4) is 0 Å². The van der Waals surface area contributed by atoms with E-state index >= 15 is 0 Å². The maximum absolute atomic E-state index is 5.43. The Labute approximate surface area is 228 Å². The molecule has 3 aromatic heterocycles. The van der Waals surface area contributed by atoms with Crippen LogP contribution < -0.4 is 4.46 Å². The topological polar surface area (TPSA) is 94.3 Å². The van der Waals surface area contributed by atoms with E-state index in [4.69, 9.17) is 15.3 Å². The van der Waals surface area contributed by atoms with Crippen molar-refractivity contribution in [1.29, 1.82) is 0 Å².